The molecule has 2 rings (SSSR count). The summed E-state index contributed by atoms with van der Waals surface area (Å²) in [6.45, 7) is 7.42. The second-order valence-electron chi connectivity index (χ2n) is 4.52. The Morgan fingerprint density at radius 1 is 1.37 bits per heavy atom. The molecule has 0 radical (unpaired) electrons. The van der Waals surface area contributed by atoms with Crippen LogP contribution in [0.15, 0.2) is 23.8 Å². The van der Waals surface area contributed by atoms with Gasteiger partial charge in [0.2, 0.25) is 6.29 Å². The first-order valence-electron chi connectivity index (χ1n) is 6.53. The molecular formula is C15H19NO3. The van der Waals surface area contributed by atoms with E-state index in [4.69, 9.17) is 4.74 Å². The first-order valence-corrected chi connectivity index (χ1v) is 6.53. The number of hydrogen-bond donors (Lipinski definition) is 1. The SMILES string of the molecule is CCN(CC)c1ccc2c(c1)OC(O)C(C(C)=O)=C2. The molecule has 19 heavy (non-hydrogen) atoms. The maximum Gasteiger partial charge on any atom is 0.227 e. The Morgan fingerprint density at radius 3 is 2.63 bits per heavy atom. The Labute approximate surface area is 113 Å². The molecule has 0 amide bonds. The van der Waals surface area contributed by atoms with Crippen LogP contribution in [0, 0.1) is 0 Å². The molecular weight excluding hydrogens is 242 g/mol. The molecule has 0 bridgehead atoms. The lowest BCUT2D eigenvalue weighted by Crippen LogP contribution is -2.26. The Morgan fingerprint density at radius 2 is 2.05 bits per heavy atom. The molecule has 1 aliphatic rings. The van der Waals surface area contributed by atoms with Gasteiger partial charge in [0.1, 0.15) is 5.75 Å². The fourth-order valence-electron chi connectivity index (χ4n) is 2.23. The monoisotopic (exact) mass is 261 g/mol. The fraction of sp³-hybridized carbons (Fsp3) is 0.400. The van der Waals surface area contributed by atoms with Gasteiger partial charge in [0.05, 0.1) is 5.57 Å². The number of ketones is 1. The lowest BCUT2D eigenvalue weighted by atomic mass is 10.0. The maximum atomic E-state index is 11.4. The number of benzene rings is 1. The van der Waals surface area contributed by atoms with E-state index in [9.17, 15) is 9.90 Å². The fourth-order valence-corrected chi connectivity index (χ4v) is 2.23. The number of fused-ring (bicyclic) bond motifs is 1. The predicted molar refractivity (Wildman–Crippen MR) is 75.3 cm³/mol. The lowest BCUT2D eigenvalue weighted by molar-refractivity contribution is -0.116. The minimum Gasteiger partial charge on any atom is -0.460 e. The highest BCUT2D eigenvalue weighted by molar-refractivity contribution is 5.99. The van der Waals surface area contributed by atoms with Gasteiger partial charge in [0.15, 0.2) is 5.78 Å². The van der Waals surface area contributed by atoms with Crippen LogP contribution in [-0.2, 0) is 4.79 Å². The van der Waals surface area contributed by atoms with Crippen molar-refractivity contribution in [2.45, 2.75) is 27.1 Å². The minimum atomic E-state index is -1.17. The Hall–Kier alpha value is -1.81. The molecule has 0 saturated heterocycles. The van der Waals surface area contributed by atoms with Gasteiger partial charge in [0.25, 0.3) is 0 Å². The zero-order chi connectivity index (χ0) is 14.0. The molecule has 0 spiro atoms. The van der Waals surface area contributed by atoms with Crippen LogP contribution in [0.2, 0.25) is 0 Å². The quantitative estimate of drug-likeness (QED) is 0.903. The van der Waals surface area contributed by atoms with Crippen LogP contribution < -0.4 is 9.64 Å². The maximum absolute atomic E-state index is 11.4. The predicted octanol–water partition coefficient (Wildman–Crippen LogP) is 2.22. The zero-order valence-corrected chi connectivity index (χ0v) is 11.5. The van der Waals surface area contributed by atoms with Crippen LogP contribution in [-0.4, -0.2) is 30.3 Å². The molecule has 0 fully saturated rings. The van der Waals surface area contributed by atoms with Crippen molar-refractivity contribution in [1.82, 2.24) is 0 Å². The van der Waals surface area contributed by atoms with E-state index < -0.39 is 6.29 Å². The Kier molecular flexibility index (Phi) is 3.90. The third-order valence-electron chi connectivity index (χ3n) is 3.35. The second-order valence-corrected chi connectivity index (χ2v) is 4.52. The number of hydrogen-bond acceptors (Lipinski definition) is 4. The van der Waals surface area contributed by atoms with Gasteiger partial charge in [-0.2, -0.15) is 0 Å². The molecule has 1 atom stereocenters. The van der Waals surface area contributed by atoms with Gasteiger partial charge in [-0.05, 0) is 39.0 Å². The average molecular weight is 261 g/mol. The summed E-state index contributed by atoms with van der Waals surface area (Å²) in [5, 5.41) is 9.81. The molecule has 1 aromatic rings. The molecule has 0 saturated carbocycles. The van der Waals surface area contributed by atoms with E-state index in [2.05, 4.69) is 18.7 Å². The Bertz CT molecular complexity index is 518. The normalized spacial score (nSPS) is 17.3. The molecule has 0 aliphatic carbocycles. The number of carbonyl (C=O) groups is 1. The van der Waals surface area contributed by atoms with Crippen molar-refractivity contribution < 1.29 is 14.6 Å². The molecule has 1 unspecified atom stereocenters. The third kappa shape index (κ3) is 2.63. The van der Waals surface area contributed by atoms with Crippen LogP contribution in [0.3, 0.4) is 0 Å². The van der Waals surface area contributed by atoms with Crippen molar-refractivity contribution >= 4 is 17.5 Å². The first kappa shape index (κ1) is 13.6. The summed E-state index contributed by atoms with van der Waals surface area (Å²) in [5.74, 6) is 0.438. The number of carbonyl (C=O) groups excluding carboxylic acids is 1. The number of nitrogens with zero attached hydrogens (tertiary/aromatic N) is 1. The minimum absolute atomic E-state index is 0.175. The largest absolute Gasteiger partial charge is 0.460 e. The van der Waals surface area contributed by atoms with Gasteiger partial charge in [0, 0.05) is 30.4 Å². The van der Waals surface area contributed by atoms with E-state index in [0.29, 0.717) is 11.3 Å². The van der Waals surface area contributed by atoms with Crippen LogP contribution in [0.4, 0.5) is 5.69 Å². The highest BCUT2D eigenvalue weighted by atomic mass is 16.6. The van der Waals surface area contributed by atoms with Crippen molar-refractivity contribution in [2.24, 2.45) is 0 Å². The summed E-state index contributed by atoms with van der Waals surface area (Å²) in [5.41, 5.74) is 2.17. The van der Waals surface area contributed by atoms with Crippen LogP contribution in [0.1, 0.15) is 26.3 Å². The topological polar surface area (TPSA) is 49.8 Å². The number of aliphatic hydroxyl groups excluding tert-OH is 1. The van der Waals surface area contributed by atoms with Crippen LogP contribution in [0.25, 0.3) is 6.08 Å². The molecule has 4 nitrogen and oxygen atoms in total. The zero-order valence-electron chi connectivity index (χ0n) is 11.5. The van der Waals surface area contributed by atoms with E-state index in [-0.39, 0.29) is 5.78 Å². The van der Waals surface area contributed by atoms with Gasteiger partial charge in [-0.3, -0.25) is 4.79 Å². The summed E-state index contributed by atoms with van der Waals surface area (Å²) >= 11 is 0. The molecule has 1 N–H and O–H groups in total. The van der Waals surface area contributed by atoms with E-state index in [1.807, 2.05) is 18.2 Å². The molecule has 102 valence electrons. The van der Waals surface area contributed by atoms with Crippen molar-refractivity contribution in [3.8, 4) is 5.75 Å². The summed E-state index contributed by atoms with van der Waals surface area (Å²) in [6, 6.07) is 5.82. The second kappa shape index (κ2) is 5.45. The van der Waals surface area contributed by atoms with Crippen molar-refractivity contribution in [1.29, 1.82) is 0 Å². The van der Waals surface area contributed by atoms with Gasteiger partial charge < -0.3 is 14.7 Å². The average Bonchev–Trinajstić information content (AvgIpc) is 2.38. The highest BCUT2D eigenvalue weighted by Crippen LogP contribution is 2.32. The molecule has 1 aliphatic heterocycles. The molecule has 1 aromatic carbocycles. The highest BCUT2D eigenvalue weighted by Gasteiger charge is 2.23. The van der Waals surface area contributed by atoms with Crippen molar-refractivity contribution in [3.05, 3.63) is 29.3 Å². The van der Waals surface area contributed by atoms with Crippen LogP contribution >= 0.6 is 0 Å². The van der Waals surface area contributed by atoms with Crippen LogP contribution in [0.5, 0.6) is 5.75 Å². The van der Waals surface area contributed by atoms with E-state index in [0.717, 1.165) is 24.3 Å². The smallest absolute Gasteiger partial charge is 0.227 e. The number of Topliss-reactive ketones (excluding diaryl/α,β-unsaturated/α-hetero) is 1. The van der Waals surface area contributed by atoms with Gasteiger partial charge in [-0.25, -0.2) is 0 Å². The van der Waals surface area contributed by atoms with E-state index in [1.54, 1.807) is 6.08 Å². The summed E-state index contributed by atoms with van der Waals surface area (Å²) in [6.07, 6.45) is 0.523. The molecule has 1 heterocycles. The molecule has 0 aromatic heterocycles. The number of rotatable bonds is 4. The summed E-state index contributed by atoms with van der Waals surface area (Å²) in [4.78, 5) is 13.6. The van der Waals surface area contributed by atoms with Crippen molar-refractivity contribution in [3.63, 3.8) is 0 Å². The first-order chi connectivity index (χ1) is 9.06. The summed E-state index contributed by atoms with van der Waals surface area (Å²) in [7, 11) is 0. The number of ether oxygens (including phenoxy) is 1. The Balaban J connectivity index is 2.39. The third-order valence-corrected chi connectivity index (χ3v) is 3.35. The van der Waals surface area contributed by atoms with Gasteiger partial charge in [-0.15, -0.1) is 0 Å². The van der Waals surface area contributed by atoms with Gasteiger partial charge in [-0.1, -0.05) is 0 Å². The van der Waals surface area contributed by atoms with Gasteiger partial charge >= 0.3 is 0 Å². The number of anilines is 1. The van der Waals surface area contributed by atoms with Crippen molar-refractivity contribution in [2.75, 3.05) is 18.0 Å². The lowest BCUT2D eigenvalue weighted by Gasteiger charge is -2.25. The summed E-state index contributed by atoms with van der Waals surface area (Å²) < 4.78 is 5.43. The number of aliphatic hydroxyl groups is 1. The van der Waals surface area contributed by atoms with E-state index >= 15 is 0 Å². The molecule has 4 heteroatoms. The van der Waals surface area contributed by atoms with E-state index in [1.165, 1.54) is 6.92 Å². The standard InChI is InChI=1S/C15H19NO3/c1-4-16(5-2)12-7-6-11-8-13(10(3)17)15(18)19-14(11)9-12/h6-9,15,18H,4-5H2,1-3H3.